The van der Waals surface area contributed by atoms with Crippen LogP contribution in [0.15, 0.2) is 24.3 Å². The van der Waals surface area contributed by atoms with Crippen LogP contribution < -0.4 is 5.32 Å². The van der Waals surface area contributed by atoms with E-state index >= 15 is 0 Å². The molecule has 1 aliphatic rings. The Bertz CT molecular complexity index is 411. The highest BCUT2D eigenvalue weighted by Gasteiger charge is 2.33. The van der Waals surface area contributed by atoms with Gasteiger partial charge in [-0.05, 0) is 25.0 Å². The molecule has 2 rings (SSSR count). The summed E-state index contributed by atoms with van der Waals surface area (Å²) in [5.74, 6) is -0.213. The Hall–Kier alpha value is -1.55. The van der Waals surface area contributed by atoms with Gasteiger partial charge in [-0.25, -0.2) is 0 Å². The number of benzene rings is 1. The molecule has 0 aromatic heterocycles. The molecule has 0 heterocycles. The van der Waals surface area contributed by atoms with Crippen LogP contribution in [0, 0.1) is 0 Å². The molecule has 1 amide bonds. The summed E-state index contributed by atoms with van der Waals surface area (Å²) in [4.78, 5) is 11.7. The van der Waals surface area contributed by atoms with Crippen LogP contribution in [0.5, 0.6) is 5.75 Å². The largest absolute Gasteiger partial charge is 0.506 e. The first-order valence-electron chi connectivity index (χ1n) is 5.89. The van der Waals surface area contributed by atoms with Gasteiger partial charge in [-0.3, -0.25) is 4.79 Å². The van der Waals surface area contributed by atoms with Gasteiger partial charge in [0.1, 0.15) is 5.75 Å². The van der Waals surface area contributed by atoms with Gasteiger partial charge in [-0.2, -0.15) is 0 Å². The number of rotatable bonds is 3. The zero-order valence-corrected chi connectivity index (χ0v) is 9.65. The van der Waals surface area contributed by atoms with Gasteiger partial charge >= 0.3 is 0 Å². The first kappa shape index (κ1) is 11.9. The van der Waals surface area contributed by atoms with Gasteiger partial charge < -0.3 is 15.5 Å². The third-order valence-corrected chi connectivity index (χ3v) is 3.20. The Morgan fingerprint density at radius 3 is 2.59 bits per heavy atom. The van der Waals surface area contributed by atoms with E-state index in [9.17, 15) is 15.0 Å². The average Bonchev–Trinajstić information content (AvgIpc) is 2.68. The molecular weight excluding hydrogens is 218 g/mol. The molecule has 0 saturated heterocycles. The summed E-state index contributed by atoms with van der Waals surface area (Å²) in [5, 5.41) is 22.2. The highest BCUT2D eigenvalue weighted by atomic mass is 16.3. The van der Waals surface area contributed by atoms with Crippen molar-refractivity contribution in [3.05, 3.63) is 24.3 Å². The number of para-hydroxylation sites is 2. The third-order valence-electron chi connectivity index (χ3n) is 3.20. The second-order valence-corrected chi connectivity index (χ2v) is 4.67. The number of hydrogen-bond donors (Lipinski definition) is 3. The van der Waals surface area contributed by atoms with Crippen LogP contribution in [0.3, 0.4) is 0 Å². The van der Waals surface area contributed by atoms with E-state index in [0.717, 1.165) is 12.8 Å². The normalized spacial score (nSPS) is 17.9. The van der Waals surface area contributed by atoms with Gasteiger partial charge in [0, 0.05) is 0 Å². The van der Waals surface area contributed by atoms with Gasteiger partial charge in [-0.1, -0.05) is 25.0 Å². The van der Waals surface area contributed by atoms with Crippen LogP contribution in [0.1, 0.15) is 32.1 Å². The first-order chi connectivity index (χ1) is 8.09. The minimum absolute atomic E-state index is 0.0410. The van der Waals surface area contributed by atoms with Crippen molar-refractivity contribution < 1.29 is 15.0 Å². The van der Waals surface area contributed by atoms with Gasteiger partial charge in [0.15, 0.2) is 0 Å². The summed E-state index contributed by atoms with van der Waals surface area (Å²) < 4.78 is 0. The summed E-state index contributed by atoms with van der Waals surface area (Å²) in [6.45, 7) is 0. The van der Waals surface area contributed by atoms with Gasteiger partial charge in [-0.15, -0.1) is 0 Å². The van der Waals surface area contributed by atoms with Crippen molar-refractivity contribution in [1.82, 2.24) is 0 Å². The smallest absolute Gasteiger partial charge is 0.227 e. The Balaban J connectivity index is 1.96. The highest BCUT2D eigenvalue weighted by molar-refractivity contribution is 5.92. The number of carbonyl (C=O) groups is 1. The highest BCUT2D eigenvalue weighted by Crippen LogP contribution is 2.33. The molecule has 1 aromatic carbocycles. The van der Waals surface area contributed by atoms with Crippen LogP contribution in [0.25, 0.3) is 0 Å². The summed E-state index contributed by atoms with van der Waals surface area (Å²) in [5.41, 5.74) is -0.465. The van der Waals surface area contributed by atoms with E-state index in [0.29, 0.717) is 18.5 Å². The van der Waals surface area contributed by atoms with E-state index in [-0.39, 0.29) is 18.1 Å². The molecule has 4 heteroatoms. The van der Waals surface area contributed by atoms with Gasteiger partial charge in [0.2, 0.25) is 5.91 Å². The number of aliphatic hydroxyl groups is 1. The minimum Gasteiger partial charge on any atom is -0.506 e. The lowest BCUT2D eigenvalue weighted by atomic mass is 9.97. The summed E-state index contributed by atoms with van der Waals surface area (Å²) in [6, 6.07) is 6.57. The predicted molar refractivity (Wildman–Crippen MR) is 64.8 cm³/mol. The lowest BCUT2D eigenvalue weighted by Crippen LogP contribution is -2.30. The molecule has 3 N–H and O–H groups in total. The molecule has 0 bridgehead atoms. The zero-order chi connectivity index (χ0) is 12.3. The fraction of sp³-hybridized carbons (Fsp3) is 0.462. The fourth-order valence-electron chi connectivity index (χ4n) is 2.28. The fourth-order valence-corrected chi connectivity index (χ4v) is 2.28. The molecule has 0 atom stereocenters. The van der Waals surface area contributed by atoms with Crippen LogP contribution in [0.4, 0.5) is 5.69 Å². The van der Waals surface area contributed by atoms with Crippen molar-refractivity contribution in [3.63, 3.8) is 0 Å². The lowest BCUT2D eigenvalue weighted by molar-refractivity contribution is -0.120. The Morgan fingerprint density at radius 1 is 1.29 bits per heavy atom. The maximum atomic E-state index is 11.7. The van der Waals surface area contributed by atoms with Crippen LogP contribution in [-0.4, -0.2) is 21.7 Å². The third kappa shape index (κ3) is 2.97. The molecule has 1 fully saturated rings. The van der Waals surface area contributed by atoms with E-state index in [2.05, 4.69) is 5.32 Å². The second kappa shape index (κ2) is 4.75. The Kier molecular flexibility index (Phi) is 3.33. The number of carbonyl (C=O) groups excluding carboxylic acids is 1. The number of phenols is 1. The topological polar surface area (TPSA) is 69.6 Å². The predicted octanol–water partition coefficient (Wildman–Crippen LogP) is 2.03. The lowest BCUT2D eigenvalue weighted by Gasteiger charge is -2.21. The van der Waals surface area contributed by atoms with Crippen molar-refractivity contribution in [1.29, 1.82) is 0 Å². The van der Waals surface area contributed by atoms with Crippen LogP contribution in [-0.2, 0) is 4.79 Å². The zero-order valence-electron chi connectivity index (χ0n) is 9.65. The first-order valence-corrected chi connectivity index (χ1v) is 5.89. The molecular formula is C13H17NO3. The van der Waals surface area contributed by atoms with E-state index in [1.54, 1.807) is 18.2 Å². The van der Waals surface area contributed by atoms with Gasteiger partial charge in [0.25, 0.3) is 0 Å². The molecule has 92 valence electrons. The molecule has 0 aliphatic heterocycles. The molecule has 4 nitrogen and oxygen atoms in total. The van der Waals surface area contributed by atoms with E-state index in [1.165, 1.54) is 6.07 Å². The van der Waals surface area contributed by atoms with Crippen molar-refractivity contribution in [3.8, 4) is 5.75 Å². The number of nitrogens with one attached hydrogen (secondary N) is 1. The quantitative estimate of drug-likeness (QED) is 0.702. The van der Waals surface area contributed by atoms with E-state index in [4.69, 9.17) is 0 Å². The summed E-state index contributed by atoms with van der Waals surface area (Å²) in [6.07, 6.45) is 3.41. The van der Waals surface area contributed by atoms with Crippen molar-refractivity contribution in [2.45, 2.75) is 37.7 Å². The molecule has 1 aromatic rings. The SMILES string of the molecule is O=C(CC1(O)CCCC1)Nc1ccccc1O. The Morgan fingerprint density at radius 2 is 1.94 bits per heavy atom. The van der Waals surface area contributed by atoms with E-state index < -0.39 is 5.60 Å². The van der Waals surface area contributed by atoms with E-state index in [1.807, 2.05) is 0 Å². The summed E-state index contributed by atoms with van der Waals surface area (Å²) in [7, 11) is 0. The molecule has 0 radical (unpaired) electrons. The number of phenolic OH excluding ortho intramolecular Hbond substituents is 1. The van der Waals surface area contributed by atoms with Gasteiger partial charge in [0.05, 0.1) is 17.7 Å². The number of hydrogen-bond acceptors (Lipinski definition) is 3. The average molecular weight is 235 g/mol. The molecule has 1 saturated carbocycles. The van der Waals surface area contributed by atoms with Crippen molar-refractivity contribution in [2.24, 2.45) is 0 Å². The number of aromatic hydroxyl groups is 1. The maximum Gasteiger partial charge on any atom is 0.227 e. The maximum absolute atomic E-state index is 11.7. The van der Waals surface area contributed by atoms with Crippen molar-refractivity contribution in [2.75, 3.05) is 5.32 Å². The second-order valence-electron chi connectivity index (χ2n) is 4.67. The number of anilines is 1. The summed E-state index contributed by atoms with van der Waals surface area (Å²) >= 11 is 0. The molecule has 1 aliphatic carbocycles. The monoisotopic (exact) mass is 235 g/mol. The Labute approximate surface area is 100 Å². The number of amides is 1. The molecule has 0 unspecified atom stereocenters. The standard InChI is InChI=1S/C13H17NO3/c15-11-6-2-1-5-10(11)14-12(16)9-13(17)7-3-4-8-13/h1-2,5-6,15,17H,3-4,7-9H2,(H,14,16). The van der Waals surface area contributed by atoms with Crippen LogP contribution in [0.2, 0.25) is 0 Å². The van der Waals surface area contributed by atoms with Crippen molar-refractivity contribution >= 4 is 11.6 Å². The molecule has 0 spiro atoms. The minimum atomic E-state index is -0.853. The molecule has 17 heavy (non-hydrogen) atoms. The van der Waals surface area contributed by atoms with Crippen LogP contribution >= 0.6 is 0 Å².